The van der Waals surface area contributed by atoms with Crippen LogP contribution in [0, 0.1) is 5.92 Å². The molecule has 3 saturated heterocycles. The van der Waals surface area contributed by atoms with Crippen molar-refractivity contribution in [3.8, 4) is 0 Å². The SMILES string of the molecule is CN(C)c1cc(N2CC3(CCC(CN4CCCC4)CO3)C2)ncn1. The molecule has 4 heterocycles. The smallest absolute Gasteiger partial charge is 0.134 e. The summed E-state index contributed by atoms with van der Waals surface area (Å²) in [5.41, 5.74) is 0.0741. The lowest BCUT2D eigenvalue weighted by molar-refractivity contribution is -0.119. The van der Waals surface area contributed by atoms with Crippen molar-refractivity contribution in [1.29, 1.82) is 0 Å². The summed E-state index contributed by atoms with van der Waals surface area (Å²) in [5.74, 6) is 2.69. The molecule has 1 unspecified atom stereocenters. The highest BCUT2D eigenvalue weighted by Crippen LogP contribution is 2.38. The number of ether oxygens (including phenoxy) is 1. The van der Waals surface area contributed by atoms with Crippen LogP contribution >= 0.6 is 0 Å². The third-order valence-electron chi connectivity index (χ3n) is 5.73. The standard InChI is InChI=1S/C18H29N5O/c1-21(2)16-9-17(20-14-19-16)23-12-18(13-23)6-5-15(11-24-18)10-22-7-3-4-8-22/h9,14-15H,3-8,10-13H2,1-2H3. The highest BCUT2D eigenvalue weighted by Gasteiger charge is 2.47. The number of nitrogens with zero attached hydrogens (tertiary/aromatic N) is 5. The Morgan fingerprint density at radius 3 is 2.71 bits per heavy atom. The fourth-order valence-corrected chi connectivity index (χ4v) is 4.21. The molecule has 0 bridgehead atoms. The summed E-state index contributed by atoms with van der Waals surface area (Å²) in [5, 5.41) is 0. The molecule has 0 N–H and O–H groups in total. The van der Waals surface area contributed by atoms with Crippen LogP contribution < -0.4 is 9.80 Å². The molecule has 1 spiro atoms. The Bertz CT molecular complexity index is 556. The number of hydrogen-bond donors (Lipinski definition) is 0. The second-order valence-electron chi connectivity index (χ2n) is 7.89. The van der Waals surface area contributed by atoms with E-state index in [0.29, 0.717) is 0 Å². The van der Waals surface area contributed by atoms with Gasteiger partial charge in [0, 0.05) is 26.7 Å². The number of anilines is 2. The summed E-state index contributed by atoms with van der Waals surface area (Å²) in [6, 6.07) is 2.06. The topological polar surface area (TPSA) is 44.7 Å². The van der Waals surface area contributed by atoms with Gasteiger partial charge in [-0.1, -0.05) is 0 Å². The summed E-state index contributed by atoms with van der Waals surface area (Å²) in [4.78, 5) is 15.7. The first-order chi connectivity index (χ1) is 11.6. The zero-order valence-electron chi connectivity index (χ0n) is 14.9. The van der Waals surface area contributed by atoms with E-state index >= 15 is 0 Å². The van der Waals surface area contributed by atoms with Crippen LogP contribution in [-0.4, -0.2) is 73.9 Å². The van der Waals surface area contributed by atoms with Crippen LogP contribution in [0.1, 0.15) is 25.7 Å². The first kappa shape index (κ1) is 16.1. The summed E-state index contributed by atoms with van der Waals surface area (Å²) in [7, 11) is 4.02. The molecule has 3 fully saturated rings. The summed E-state index contributed by atoms with van der Waals surface area (Å²) in [6.45, 7) is 6.67. The molecular weight excluding hydrogens is 302 g/mol. The normalized spacial score (nSPS) is 26.6. The van der Waals surface area contributed by atoms with Gasteiger partial charge in [0.05, 0.1) is 19.7 Å². The molecule has 1 aromatic rings. The van der Waals surface area contributed by atoms with Gasteiger partial charge in [0.15, 0.2) is 0 Å². The second-order valence-corrected chi connectivity index (χ2v) is 7.89. The van der Waals surface area contributed by atoms with Crippen LogP contribution in [0.4, 0.5) is 11.6 Å². The number of likely N-dealkylation sites (tertiary alicyclic amines) is 1. The van der Waals surface area contributed by atoms with E-state index in [1.54, 1.807) is 6.33 Å². The molecule has 3 aliphatic rings. The first-order valence-corrected chi connectivity index (χ1v) is 9.24. The van der Waals surface area contributed by atoms with E-state index in [0.717, 1.165) is 37.3 Å². The molecule has 132 valence electrons. The van der Waals surface area contributed by atoms with Crippen LogP contribution in [0.15, 0.2) is 12.4 Å². The Kier molecular flexibility index (Phi) is 4.35. The van der Waals surface area contributed by atoms with Crippen molar-refractivity contribution >= 4 is 11.6 Å². The van der Waals surface area contributed by atoms with E-state index in [1.807, 2.05) is 19.0 Å². The molecule has 24 heavy (non-hydrogen) atoms. The summed E-state index contributed by atoms with van der Waals surface area (Å²) in [6.07, 6.45) is 6.90. The fraction of sp³-hybridized carbons (Fsp3) is 0.778. The van der Waals surface area contributed by atoms with Crippen molar-refractivity contribution in [2.45, 2.75) is 31.3 Å². The quantitative estimate of drug-likeness (QED) is 0.835. The molecule has 6 nitrogen and oxygen atoms in total. The number of aromatic nitrogens is 2. The van der Waals surface area contributed by atoms with Gasteiger partial charge in [-0.2, -0.15) is 0 Å². The Labute approximate surface area is 144 Å². The minimum Gasteiger partial charge on any atom is -0.371 e. The van der Waals surface area contributed by atoms with Crippen molar-refractivity contribution in [3.63, 3.8) is 0 Å². The predicted octanol–water partition coefficient (Wildman–Crippen LogP) is 1.62. The fourth-order valence-electron chi connectivity index (χ4n) is 4.21. The summed E-state index contributed by atoms with van der Waals surface area (Å²) < 4.78 is 6.33. The van der Waals surface area contributed by atoms with Gasteiger partial charge < -0.3 is 19.4 Å². The molecule has 6 heteroatoms. The molecule has 0 radical (unpaired) electrons. The average Bonchev–Trinajstić information content (AvgIpc) is 3.07. The van der Waals surface area contributed by atoms with Gasteiger partial charge in [-0.3, -0.25) is 0 Å². The zero-order valence-corrected chi connectivity index (χ0v) is 14.9. The van der Waals surface area contributed by atoms with Crippen molar-refractivity contribution in [2.24, 2.45) is 5.92 Å². The third-order valence-corrected chi connectivity index (χ3v) is 5.73. The van der Waals surface area contributed by atoms with Crippen molar-refractivity contribution in [2.75, 3.05) is 63.2 Å². The Balaban J connectivity index is 1.29. The molecule has 3 aliphatic heterocycles. The molecule has 0 aromatic carbocycles. The van der Waals surface area contributed by atoms with Crippen LogP contribution in [-0.2, 0) is 4.74 Å². The van der Waals surface area contributed by atoms with Crippen LogP contribution in [0.3, 0.4) is 0 Å². The zero-order chi connectivity index (χ0) is 16.6. The maximum absolute atomic E-state index is 6.33. The second kappa shape index (κ2) is 6.48. The van der Waals surface area contributed by atoms with Crippen molar-refractivity contribution in [3.05, 3.63) is 12.4 Å². The van der Waals surface area contributed by atoms with Gasteiger partial charge in [0.25, 0.3) is 0 Å². The average molecular weight is 331 g/mol. The molecular formula is C18H29N5O. The van der Waals surface area contributed by atoms with E-state index < -0.39 is 0 Å². The van der Waals surface area contributed by atoms with E-state index in [1.165, 1.54) is 45.3 Å². The maximum Gasteiger partial charge on any atom is 0.134 e. The van der Waals surface area contributed by atoms with Crippen molar-refractivity contribution in [1.82, 2.24) is 14.9 Å². The predicted molar refractivity (Wildman–Crippen MR) is 95.7 cm³/mol. The molecule has 1 atom stereocenters. The lowest BCUT2D eigenvalue weighted by Crippen LogP contribution is -2.65. The molecule has 0 amide bonds. The van der Waals surface area contributed by atoms with E-state index in [-0.39, 0.29) is 5.60 Å². The van der Waals surface area contributed by atoms with Crippen LogP contribution in [0.2, 0.25) is 0 Å². The van der Waals surface area contributed by atoms with E-state index in [2.05, 4.69) is 25.8 Å². The van der Waals surface area contributed by atoms with Gasteiger partial charge in [-0.25, -0.2) is 9.97 Å². The molecule has 4 rings (SSSR count). The molecule has 1 aromatic heterocycles. The Morgan fingerprint density at radius 1 is 1.25 bits per heavy atom. The Hall–Kier alpha value is -1.40. The molecule has 0 saturated carbocycles. The van der Waals surface area contributed by atoms with Gasteiger partial charge in [0.2, 0.25) is 0 Å². The van der Waals surface area contributed by atoms with Crippen LogP contribution in [0.5, 0.6) is 0 Å². The maximum atomic E-state index is 6.33. The highest BCUT2D eigenvalue weighted by atomic mass is 16.5. The highest BCUT2D eigenvalue weighted by molar-refractivity contribution is 5.52. The van der Waals surface area contributed by atoms with Gasteiger partial charge >= 0.3 is 0 Å². The van der Waals surface area contributed by atoms with Gasteiger partial charge in [-0.05, 0) is 44.7 Å². The third kappa shape index (κ3) is 3.22. The first-order valence-electron chi connectivity index (χ1n) is 9.24. The van der Waals surface area contributed by atoms with Crippen LogP contribution in [0.25, 0.3) is 0 Å². The van der Waals surface area contributed by atoms with E-state index in [9.17, 15) is 0 Å². The molecule has 0 aliphatic carbocycles. The van der Waals surface area contributed by atoms with E-state index in [4.69, 9.17) is 4.74 Å². The van der Waals surface area contributed by atoms with Gasteiger partial charge in [-0.15, -0.1) is 0 Å². The lowest BCUT2D eigenvalue weighted by atomic mass is 9.83. The number of rotatable bonds is 4. The monoisotopic (exact) mass is 331 g/mol. The lowest BCUT2D eigenvalue weighted by Gasteiger charge is -2.53. The van der Waals surface area contributed by atoms with Gasteiger partial charge in [0.1, 0.15) is 23.6 Å². The van der Waals surface area contributed by atoms with Crippen molar-refractivity contribution < 1.29 is 4.74 Å². The minimum absolute atomic E-state index is 0.0741. The number of hydrogen-bond acceptors (Lipinski definition) is 6. The summed E-state index contributed by atoms with van der Waals surface area (Å²) >= 11 is 0. The Morgan fingerprint density at radius 2 is 2.04 bits per heavy atom. The minimum atomic E-state index is 0.0741. The largest absolute Gasteiger partial charge is 0.371 e.